The van der Waals surface area contributed by atoms with Crippen LogP contribution in [-0.4, -0.2) is 10.9 Å². The zero-order chi connectivity index (χ0) is 17.3. The second-order valence-electron chi connectivity index (χ2n) is 6.06. The van der Waals surface area contributed by atoms with Crippen molar-refractivity contribution in [3.05, 3.63) is 69.6 Å². The Hall–Kier alpha value is -2.46. The molecule has 0 aliphatic rings. The predicted octanol–water partition coefficient (Wildman–Crippen LogP) is 5.30. The van der Waals surface area contributed by atoms with Gasteiger partial charge in [-0.25, -0.2) is 4.98 Å². The summed E-state index contributed by atoms with van der Waals surface area (Å²) in [6.45, 7) is 8.11. The Labute approximate surface area is 146 Å². The van der Waals surface area contributed by atoms with Gasteiger partial charge in [0.15, 0.2) is 5.13 Å². The fourth-order valence-corrected chi connectivity index (χ4v) is 3.33. The predicted molar refractivity (Wildman–Crippen MR) is 101 cm³/mol. The summed E-state index contributed by atoms with van der Waals surface area (Å²) in [6.07, 6.45) is 0. The highest BCUT2D eigenvalue weighted by atomic mass is 32.1. The maximum Gasteiger partial charge on any atom is 0.257 e. The molecule has 0 radical (unpaired) electrons. The molecule has 3 aromatic rings. The van der Waals surface area contributed by atoms with Crippen molar-refractivity contribution in [2.24, 2.45) is 0 Å². The molecule has 3 rings (SSSR count). The van der Waals surface area contributed by atoms with E-state index in [9.17, 15) is 4.79 Å². The number of aromatic nitrogens is 1. The van der Waals surface area contributed by atoms with Crippen LogP contribution in [0.3, 0.4) is 0 Å². The lowest BCUT2D eigenvalue weighted by Gasteiger charge is -2.07. The first-order chi connectivity index (χ1) is 11.5. The Morgan fingerprint density at radius 3 is 2.62 bits per heavy atom. The number of nitrogens with one attached hydrogen (secondary N) is 1. The van der Waals surface area contributed by atoms with Crippen LogP contribution in [0.2, 0.25) is 0 Å². The average Bonchev–Trinajstić information content (AvgIpc) is 3.00. The minimum atomic E-state index is -0.113. The van der Waals surface area contributed by atoms with Gasteiger partial charge >= 0.3 is 0 Å². The SMILES string of the molecule is Cc1ccc(C)c(-c2csc(NC(=O)c3cccc(C)c3C)n2)c1. The summed E-state index contributed by atoms with van der Waals surface area (Å²) in [5, 5.41) is 5.53. The highest BCUT2D eigenvalue weighted by Gasteiger charge is 2.13. The van der Waals surface area contributed by atoms with Crippen molar-refractivity contribution >= 4 is 22.4 Å². The zero-order valence-corrected chi connectivity index (χ0v) is 15.1. The summed E-state index contributed by atoms with van der Waals surface area (Å²) in [4.78, 5) is 17.1. The van der Waals surface area contributed by atoms with Crippen molar-refractivity contribution in [1.29, 1.82) is 0 Å². The Balaban J connectivity index is 1.85. The van der Waals surface area contributed by atoms with E-state index in [1.807, 2.05) is 37.4 Å². The zero-order valence-electron chi connectivity index (χ0n) is 14.3. The fraction of sp³-hybridized carbons (Fsp3) is 0.200. The van der Waals surface area contributed by atoms with Gasteiger partial charge in [-0.1, -0.05) is 29.8 Å². The molecule has 2 aromatic carbocycles. The molecule has 0 aliphatic carbocycles. The Morgan fingerprint density at radius 1 is 1.04 bits per heavy atom. The number of anilines is 1. The van der Waals surface area contributed by atoms with E-state index in [1.165, 1.54) is 22.5 Å². The van der Waals surface area contributed by atoms with Crippen LogP contribution in [0.5, 0.6) is 0 Å². The van der Waals surface area contributed by atoms with E-state index >= 15 is 0 Å². The maximum atomic E-state index is 12.5. The molecule has 0 saturated heterocycles. The van der Waals surface area contributed by atoms with Crippen LogP contribution in [0, 0.1) is 27.7 Å². The Kier molecular flexibility index (Phi) is 4.49. The van der Waals surface area contributed by atoms with Crippen molar-refractivity contribution in [1.82, 2.24) is 4.98 Å². The number of nitrogens with zero attached hydrogens (tertiary/aromatic N) is 1. The Morgan fingerprint density at radius 2 is 1.83 bits per heavy atom. The van der Waals surface area contributed by atoms with Crippen LogP contribution >= 0.6 is 11.3 Å². The molecule has 1 N–H and O–H groups in total. The van der Waals surface area contributed by atoms with Crippen LogP contribution < -0.4 is 5.32 Å². The number of thiazole rings is 1. The van der Waals surface area contributed by atoms with Crippen molar-refractivity contribution in [2.75, 3.05) is 5.32 Å². The number of hydrogen-bond acceptors (Lipinski definition) is 3. The first kappa shape index (κ1) is 16.4. The van der Waals surface area contributed by atoms with E-state index in [2.05, 4.69) is 42.3 Å². The van der Waals surface area contributed by atoms with Gasteiger partial charge in [0.05, 0.1) is 5.69 Å². The van der Waals surface area contributed by atoms with E-state index in [1.54, 1.807) is 0 Å². The van der Waals surface area contributed by atoms with Gasteiger partial charge in [-0.05, 0) is 56.5 Å². The van der Waals surface area contributed by atoms with Crippen LogP contribution in [0.1, 0.15) is 32.6 Å². The lowest BCUT2D eigenvalue weighted by atomic mass is 10.0. The second kappa shape index (κ2) is 6.57. The van der Waals surface area contributed by atoms with Crippen LogP contribution in [0.25, 0.3) is 11.3 Å². The van der Waals surface area contributed by atoms with E-state index < -0.39 is 0 Å². The first-order valence-electron chi connectivity index (χ1n) is 7.86. The topological polar surface area (TPSA) is 42.0 Å². The molecule has 1 aromatic heterocycles. The van der Waals surface area contributed by atoms with E-state index in [0.29, 0.717) is 10.7 Å². The smallest absolute Gasteiger partial charge is 0.257 e. The number of rotatable bonds is 3. The van der Waals surface area contributed by atoms with Gasteiger partial charge in [-0.15, -0.1) is 11.3 Å². The first-order valence-corrected chi connectivity index (χ1v) is 8.74. The summed E-state index contributed by atoms with van der Waals surface area (Å²) in [5.41, 5.74) is 7.19. The van der Waals surface area contributed by atoms with Gasteiger partial charge in [0.25, 0.3) is 5.91 Å². The molecule has 0 bridgehead atoms. The van der Waals surface area contributed by atoms with Crippen LogP contribution in [0.15, 0.2) is 41.8 Å². The van der Waals surface area contributed by atoms with Crippen molar-refractivity contribution in [2.45, 2.75) is 27.7 Å². The van der Waals surface area contributed by atoms with E-state index in [-0.39, 0.29) is 5.91 Å². The molecule has 0 fully saturated rings. The molecule has 0 aliphatic heterocycles. The number of hydrogen-bond donors (Lipinski definition) is 1. The summed E-state index contributed by atoms with van der Waals surface area (Å²) in [7, 11) is 0. The monoisotopic (exact) mass is 336 g/mol. The summed E-state index contributed by atoms with van der Waals surface area (Å²) >= 11 is 1.45. The Bertz CT molecular complexity index is 912. The van der Waals surface area contributed by atoms with E-state index in [4.69, 9.17) is 0 Å². The minimum Gasteiger partial charge on any atom is -0.298 e. The highest BCUT2D eigenvalue weighted by Crippen LogP contribution is 2.28. The van der Waals surface area contributed by atoms with Crippen molar-refractivity contribution in [3.8, 4) is 11.3 Å². The van der Waals surface area contributed by atoms with Gasteiger partial charge in [0, 0.05) is 16.5 Å². The number of aryl methyl sites for hydroxylation is 3. The maximum absolute atomic E-state index is 12.5. The van der Waals surface area contributed by atoms with Crippen LogP contribution in [0.4, 0.5) is 5.13 Å². The third-order valence-electron chi connectivity index (χ3n) is 4.24. The third-order valence-corrected chi connectivity index (χ3v) is 5.00. The molecule has 0 spiro atoms. The summed E-state index contributed by atoms with van der Waals surface area (Å²) in [6, 6.07) is 12.1. The highest BCUT2D eigenvalue weighted by molar-refractivity contribution is 7.14. The molecule has 0 unspecified atom stereocenters. The van der Waals surface area contributed by atoms with Crippen molar-refractivity contribution in [3.63, 3.8) is 0 Å². The molecule has 0 saturated carbocycles. The largest absolute Gasteiger partial charge is 0.298 e. The summed E-state index contributed by atoms with van der Waals surface area (Å²) in [5.74, 6) is -0.113. The fourth-order valence-electron chi connectivity index (χ4n) is 2.63. The lowest BCUT2D eigenvalue weighted by Crippen LogP contribution is -2.13. The van der Waals surface area contributed by atoms with Gasteiger partial charge in [-0.3, -0.25) is 10.1 Å². The molecule has 1 amide bonds. The third kappa shape index (κ3) is 3.24. The van der Waals surface area contributed by atoms with Gasteiger partial charge < -0.3 is 0 Å². The lowest BCUT2D eigenvalue weighted by molar-refractivity contribution is 0.102. The minimum absolute atomic E-state index is 0.113. The normalized spacial score (nSPS) is 10.7. The quantitative estimate of drug-likeness (QED) is 0.705. The van der Waals surface area contributed by atoms with E-state index in [0.717, 1.165) is 22.4 Å². The van der Waals surface area contributed by atoms with Crippen LogP contribution in [-0.2, 0) is 0 Å². The van der Waals surface area contributed by atoms with Gasteiger partial charge in [-0.2, -0.15) is 0 Å². The molecule has 4 heteroatoms. The molecule has 1 heterocycles. The number of carbonyl (C=O) groups is 1. The van der Waals surface area contributed by atoms with Crippen molar-refractivity contribution < 1.29 is 4.79 Å². The number of benzene rings is 2. The number of amides is 1. The summed E-state index contributed by atoms with van der Waals surface area (Å²) < 4.78 is 0. The standard InChI is InChI=1S/C20H20N2OS/c1-12-8-9-14(3)17(10-12)18-11-24-20(21-18)22-19(23)16-7-5-6-13(2)15(16)4/h5-11H,1-4H3,(H,21,22,23). The molecular weight excluding hydrogens is 316 g/mol. The second-order valence-corrected chi connectivity index (χ2v) is 6.92. The molecular formula is C20H20N2OS. The molecule has 0 atom stereocenters. The van der Waals surface area contributed by atoms with Gasteiger partial charge in [0.2, 0.25) is 0 Å². The van der Waals surface area contributed by atoms with Gasteiger partial charge in [0.1, 0.15) is 0 Å². The average molecular weight is 336 g/mol. The molecule has 24 heavy (non-hydrogen) atoms. The molecule has 3 nitrogen and oxygen atoms in total. The number of carbonyl (C=O) groups excluding carboxylic acids is 1. The molecule has 122 valence electrons.